The molecular weight excluding hydrogens is 242 g/mol. The van der Waals surface area contributed by atoms with Gasteiger partial charge in [-0.15, -0.1) is 0 Å². The van der Waals surface area contributed by atoms with Crippen molar-refractivity contribution < 1.29 is 14.6 Å². The summed E-state index contributed by atoms with van der Waals surface area (Å²) in [6.07, 6.45) is 1.76. The van der Waals surface area contributed by atoms with Gasteiger partial charge in [0, 0.05) is 18.9 Å². The number of hydrogen-bond donors (Lipinski definition) is 1. The van der Waals surface area contributed by atoms with E-state index < -0.39 is 5.97 Å². The Morgan fingerprint density at radius 3 is 2.68 bits per heavy atom. The van der Waals surface area contributed by atoms with Crippen LogP contribution in [0.15, 0.2) is 36.5 Å². The molecular formula is C15H15NO3. The summed E-state index contributed by atoms with van der Waals surface area (Å²) in [4.78, 5) is 15.5. The lowest BCUT2D eigenvalue weighted by Gasteiger charge is -2.07. The Kier molecular flexibility index (Phi) is 3.92. The second kappa shape index (κ2) is 5.63. The molecule has 0 unspecified atom stereocenters. The maximum absolute atomic E-state index is 11.1. The predicted octanol–water partition coefficient (Wildman–Crippen LogP) is 2.90. The van der Waals surface area contributed by atoms with E-state index in [0.717, 1.165) is 22.4 Å². The minimum atomic E-state index is -0.952. The summed E-state index contributed by atoms with van der Waals surface area (Å²) < 4.78 is 5.06. The van der Waals surface area contributed by atoms with Crippen LogP contribution in [0.3, 0.4) is 0 Å². The molecule has 0 bridgehead atoms. The molecule has 1 aromatic carbocycles. The van der Waals surface area contributed by atoms with Gasteiger partial charge in [-0.3, -0.25) is 4.98 Å². The predicted molar refractivity (Wildman–Crippen MR) is 72.1 cm³/mol. The van der Waals surface area contributed by atoms with Crippen molar-refractivity contribution in [3.05, 3.63) is 53.2 Å². The summed E-state index contributed by atoms with van der Waals surface area (Å²) in [6, 6.07) is 8.97. The molecule has 0 radical (unpaired) electrons. The number of nitrogens with zero attached hydrogens (tertiary/aromatic N) is 1. The van der Waals surface area contributed by atoms with Crippen LogP contribution in [0.1, 0.15) is 21.5 Å². The van der Waals surface area contributed by atoms with Crippen LogP contribution in [-0.2, 0) is 11.3 Å². The summed E-state index contributed by atoms with van der Waals surface area (Å²) >= 11 is 0. The molecule has 98 valence electrons. The second-order valence-corrected chi connectivity index (χ2v) is 4.38. The molecule has 0 fully saturated rings. The molecule has 4 heteroatoms. The number of carboxylic acids is 1. The SMILES string of the molecule is COCc1cc(C(=O)O)cc(-c2ccc(C)cn2)c1. The molecule has 0 aliphatic heterocycles. The first kappa shape index (κ1) is 13.2. The zero-order valence-electron chi connectivity index (χ0n) is 10.9. The highest BCUT2D eigenvalue weighted by atomic mass is 16.5. The lowest BCUT2D eigenvalue weighted by molar-refractivity contribution is 0.0696. The molecule has 2 aromatic rings. The van der Waals surface area contributed by atoms with Gasteiger partial charge in [0.05, 0.1) is 17.9 Å². The molecule has 1 N–H and O–H groups in total. The van der Waals surface area contributed by atoms with Crippen LogP contribution in [0.2, 0.25) is 0 Å². The van der Waals surface area contributed by atoms with Crippen molar-refractivity contribution in [1.29, 1.82) is 0 Å². The Bertz CT molecular complexity index is 591. The van der Waals surface area contributed by atoms with Crippen molar-refractivity contribution in [1.82, 2.24) is 4.98 Å². The number of rotatable bonds is 4. The van der Waals surface area contributed by atoms with Gasteiger partial charge >= 0.3 is 5.97 Å². The van der Waals surface area contributed by atoms with Crippen LogP contribution in [0.5, 0.6) is 0 Å². The van der Waals surface area contributed by atoms with Crippen LogP contribution in [0.25, 0.3) is 11.3 Å². The summed E-state index contributed by atoms with van der Waals surface area (Å²) in [5.74, 6) is -0.952. The van der Waals surface area contributed by atoms with Gasteiger partial charge in [0.2, 0.25) is 0 Å². The number of hydrogen-bond acceptors (Lipinski definition) is 3. The Morgan fingerprint density at radius 2 is 2.11 bits per heavy atom. The number of carbonyl (C=O) groups is 1. The summed E-state index contributed by atoms with van der Waals surface area (Å²) in [7, 11) is 1.58. The van der Waals surface area contributed by atoms with Crippen LogP contribution >= 0.6 is 0 Å². The summed E-state index contributed by atoms with van der Waals surface area (Å²) in [5.41, 5.74) is 3.67. The van der Waals surface area contributed by atoms with Crippen LogP contribution in [0, 0.1) is 6.92 Å². The van der Waals surface area contributed by atoms with E-state index in [9.17, 15) is 4.79 Å². The smallest absolute Gasteiger partial charge is 0.335 e. The van der Waals surface area contributed by atoms with Gasteiger partial charge in [-0.1, -0.05) is 6.07 Å². The fourth-order valence-corrected chi connectivity index (χ4v) is 1.85. The van der Waals surface area contributed by atoms with Gasteiger partial charge in [-0.25, -0.2) is 4.79 Å². The Balaban J connectivity index is 2.49. The van der Waals surface area contributed by atoms with E-state index in [1.807, 2.05) is 25.1 Å². The summed E-state index contributed by atoms with van der Waals surface area (Å²) in [5, 5.41) is 9.13. The van der Waals surface area contributed by atoms with Crippen molar-refractivity contribution in [2.45, 2.75) is 13.5 Å². The van der Waals surface area contributed by atoms with Crippen molar-refractivity contribution in [2.24, 2.45) is 0 Å². The van der Waals surface area contributed by atoms with E-state index in [0.29, 0.717) is 6.61 Å². The van der Waals surface area contributed by atoms with Crippen LogP contribution in [0.4, 0.5) is 0 Å². The van der Waals surface area contributed by atoms with E-state index in [4.69, 9.17) is 9.84 Å². The monoisotopic (exact) mass is 257 g/mol. The maximum atomic E-state index is 11.1. The zero-order chi connectivity index (χ0) is 13.8. The number of benzene rings is 1. The third-order valence-corrected chi connectivity index (χ3v) is 2.76. The molecule has 0 saturated carbocycles. The van der Waals surface area contributed by atoms with Gasteiger partial charge in [0.1, 0.15) is 0 Å². The number of aryl methyl sites for hydroxylation is 1. The lowest BCUT2D eigenvalue weighted by atomic mass is 10.0. The minimum absolute atomic E-state index is 0.243. The van der Waals surface area contributed by atoms with E-state index in [1.165, 1.54) is 0 Å². The highest BCUT2D eigenvalue weighted by Gasteiger charge is 2.09. The Labute approximate surface area is 111 Å². The van der Waals surface area contributed by atoms with Crippen molar-refractivity contribution in [2.75, 3.05) is 7.11 Å². The number of pyridine rings is 1. The molecule has 19 heavy (non-hydrogen) atoms. The average Bonchev–Trinajstić information content (AvgIpc) is 2.39. The van der Waals surface area contributed by atoms with Crippen molar-refractivity contribution >= 4 is 5.97 Å². The highest BCUT2D eigenvalue weighted by molar-refractivity contribution is 5.89. The fourth-order valence-electron chi connectivity index (χ4n) is 1.85. The largest absolute Gasteiger partial charge is 0.478 e. The normalized spacial score (nSPS) is 10.4. The highest BCUT2D eigenvalue weighted by Crippen LogP contribution is 2.21. The first-order valence-corrected chi connectivity index (χ1v) is 5.89. The molecule has 0 aliphatic carbocycles. The molecule has 0 saturated heterocycles. The van der Waals surface area contributed by atoms with Gasteiger partial charge in [-0.2, -0.15) is 0 Å². The second-order valence-electron chi connectivity index (χ2n) is 4.38. The Hall–Kier alpha value is -2.20. The minimum Gasteiger partial charge on any atom is -0.478 e. The number of carboxylic acid groups (broad SMARTS) is 1. The number of aromatic carboxylic acids is 1. The van der Waals surface area contributed by atoms with Gasteiger partial charge in [-0.05, 0) is 42.3 Å². The van der Waals surface area contributed by atoms with E-state index in [-0.39, 0.29) is 5.56 Å². The standard InChI is InChI=1S/C15H15NO3/c1-10-3-4-14(16-8-10)12-5-11(9-19-2)6-13(7-12)15(17)18/h3-8H,9H2,1-2H3,(H,17,18). The fraction of sp³-hybridized carbons (Fsp3) is 0.200. The quantitative estimate of drug-likeness (QED) is 0.914. The van der Waals surface area contributed by atoms with E-state index in [2.05, 4.69) is 4.98 Å². The molecule has 4 nitrogen and oxygen atoms in total. The zero-order valence-corrected chi connectivity index (χ0v) is 10.9. The van der Waals surface area contributed by atoms with Gasteiger partial charge in [0.15, 0.2) is 0 Å². The third-order valence-electron chi connectivity index (χ3n) is 2.76. The van der Waals surface area contributed by atoms with Gasteiger partial charge in [0.25, 0.3) is 0 Å². The van der Waals surface area contributed by atoms with Crippen LogP contribution in [-0.4, -0.2) is 23.2 Å². The first-order valence-electron chi connectivity index (χ1n) is 5.89. The lowest BCUT2D eigenvalue weighted by Crippen LogP contribution is -2.00. The first-order chi connectivity index (χ1) is 9.10. The average molecular weight is 257 g/mol. The van der Waals surface area contributed by atoms with Gasteiger partial charge < -0.3 is 9.84 Å². The van der Waals surface area contributed by atoms with E-state index >= 15 is 0 Å². The number of ether oxygens (including phenoxy) is 1. The van der Waals surface area contributed by atoms with Crippen LogP contribution < -0.4 is 0 Å². The summed E-state index contributed by atoms with van der Waals surface area (Å²) in [6.45, 7) is 2.33. The van der Waals surface area contributed by atoms with Crippen molar-refractivity contribution in [3.8, 4) is 11.3 Å². The number of aromatic nitrogens is 1. The maximum Gasteiger partial charge on any atom is 0.335 e. The molecule has 1 heterocycles. The Morgan fingerprint density at radius 1 is 1.32 bits per heavy atom. The molecule has 2 rings (SSSR count). The molecule has 0 atom stereocenters. The van der Waals surface area contributed by atoms with E-state index in [1.54, 1.807) is 25.4 Å². The topological polar surface area (TPSA) is 59.4 Å². The van der Waals surface area contributed by atoms with Crippen molar-refractivity contribution in [3.63, 3.8) is 0 Å². The molecule has 0 aliphatic rings. The molecule has 0 amide bonds. The number of methoxy groups -OCH3 is 1. The molecule has 1 aromatic heterocycles. The molecule has 0 spiro atoms. The third kappa shape index (κ3) is 3.17.